The van der Waals surface area contributed by atoms with Crippen LogP contribution in [0.4, 0.5) is 0 Å². The fourth-order valence-electron chi connectivity index (χ4n) is 1.85. The molecule has 0 atom stereocenters. The molecule has 0 saturated heterocycles. The van der Waals surface area contributed by atoms with Gasteiger partial charge in [-0.05, 0) is 17.2 Å². The Morgan fingerprint density at radius 3 is 2.44 bits per heavy atom. The van der Waals surface area contributed by atoms with Crippen LogP contribution in [-0.4, -0.2) is 12.6 Å². The molecular weight excluding hydrogens is 224 g/mol. The van der Waals surface area contributed by atoms with Crippen molar-refractivity contribution in [3.8, 4) is 23.5 Å². The van der Waals surface area contributed by atoms with E-state index in [4.69, 9.17) is 6.42 Å². The Labute approximate surface area is 105 Å². The average molecular weight is 234 g/mol. The normalized spacial score (nSPS) is 9.50. The second-order valence-corrected chi connectivity index (χ2v) is 3.78. The van der Waals surface area contributed by atoms with E-state index in [0.717, 1.165) is 23.7 Å². The molecule has 0 unspecified atom stereocenters. The van der Waals surface area contributed by atoms with E-state index < -0.39 is 0 Å². The second-order valence-electron chi connectivity index (χ2n) is 3.78. The second kappa shape index (κ2) is 5.11. The van der Waals surface area contributed by atoms with Crippen LogP contribution in [0, 0.1) is 12.3 Å². The van der Waals surface area contributed by atoms with Crippen molar-refractivity contribution in [1.82, 2.24) is 0 Å². The van der Waals surface area contributed by atoms with E-state index in [1.165, 1.54) is 0 Å². The highest BCUT2D eigenvalue weighted by atomic mass is 16.1. The van der Waals surface area contributed by atoms with Gasteiger partial charge >= 0.3 is 0 Å². The van der Waals surface area contributed by atoms with Crippen LogP contribution in [0.25, 0.3) is 11.1 Å². The lowest BCUT2D eigenvalue weighted by atomic mass is 9.95. The zero-order valence-electron chi connectivity index (χ0n) is 9.59. The third-order valence-corrected chi connectivity index (χ3v) is 2.70. The van der Waals surface area contributed by atoms with E-state index in [2.05, 4.69) is 5.92 Å². The topological polar surface area (TPSA) is 34.1 Å². The summed E-state index contributed by atoms with van der Waals surface area (Å²) in [5.74, 6) is 2.53. The summed E-state index contributed by atoms with van der Waals surface area (Å²) in [5, 5.41) is 0. The third kappa shape index (κ3) is 2.07. The van der Waals surface area contributed by atoms with Gasteiger partial charge in [-0.2, -0.15) is 0 Å². The molecule has 2 aromatic rings. The molecule has 2 heteroatoms. The standard InChI is InChI=1S/C16H10O2/c1-2-15-14(11-18)7-4-8-16(15)13-6-3-5-12(9-13)10-17/h1,3-11H. The quantitative estimate of drug-likeness (QED) is 0.604. The molecule has 0 aliphatic heterocycles. The maximum Gasteiger partial charge on any atom is 0.151 e. The Morgan fingerprint density at radius 2 is 1.78 bits per heavy atom. The van der Waals surface area contributed by atoms with Crippen LogP contribution in [0.15, 0.2) is 42.5 Å². The summed E-state index contributed by atoms with van der Waals surface area (Å²) in [5.41, 5.74) is 3.22. The Bertz CT molecular complexity index is 648. The van der Waals surface area contributed by atoms with Gasteiger partial charge in [-0.3, -0.25) is 9.59 Å². The van der Waals surface area contributed by atoms with Gasteiger partial charge in [0, 0.05) is 16.7 Å². The van der Waals surface area contributed by atoms with E-state index in [9.17, 15) is 9.59 Å². The number of aldehydes is 2. The molecule has 0 spiro atoms. The number of terminal acetylenes is 1. The van der Waals surface area contributed by atoms with Crippen LogP contribution in [0.5, 0.6) is 0 Å². The molecule has 0 saturated carbocycles. The lowest BCUT2D eigenvalue weighted by Crippen LogP contribution is -1.92. The highest BCUT2D eigenvalue weighted by molar-refractivity contribution is 5.87. The molecule has 0 aliphatic rings. The largest absolute Gasteiger partial charge is 0.298 e. The third-order valence-electron chi connectivity index (χ3n) is 2.70. The molecule has 0 amide bonds. The fourth-order valence-corrected chi connectivity index (χ4v) is 1.85. The smallest absolute Gasteiger partial charge is 0.151 e. The molecular formula is C16H10O2. The van der Waals surface area contributed by atoms with Gasteiger partial charge in [-0.15, -0.1) is 6.42 Å². The summed E-state index contributed by atoms with van der Waals surface area (Å²) in [4.78, 5) is 21.7. The van der Waals surface area contributed by atoms with E-state index in [1.54, 1.807) is 30.3 Å². The molecule has 0 heterocycles. The van der Waals surface area contributed by atoms with Crippen molar-refractivity contribution in [2.45, 2.75) is 0 Å². The van der Waals surface area contributed by atoms with Crippen LogP contribution < -0.4 is 0 Å². The molecule has 2 nitrogen and oxygen atoms in total. The highest BCUT2D eigenvalue weighted by Crippen LogP contribution is 2.25. The summed E-state index contributed by atoms with van der Waals surface area (Å²) in [6.45, 7) is 0. The Hall–Kier alpha value is -2.66. The first-order valence-electron chi connectivity index (χ1n) is 5.40. The molecule has 0 aliphatic carbocycles. The zero-order chi connectivity index (χ0) is 13.0. The number of hydrogen-bond donors (Lipinski definition) is 0. The summed E-state index contributed by atoms with van der Waals surface area (Å²) in [6, 6.07) is 12.4. The van der Waals surface area contributed by atoms with Gasteiger partial charge in [0.2, 0.25) is 0 Å². The van der Waals surface area contributed by atoms with Crippen molar-refractivity contribution >= 4 is 12.6 Å². The van der Waals surface area contributed by atoms with Crippen LogP contribution in [0.3, 0.4) is 0 Å². The van der Waals surface area contributed by atoms with Crippen LogP contribution in [0.2, 0.25) is 0 Å². The first-order valence-corrected chi connectivity index (χ1v) is 5.40. The molecule has 0 aromatic heterocycles. The van der Waals surface area contributed by atoms with Crippen molar-refractivity contribution in [2.75, 3.05) is 0 Å². The van der Waals surface area contributed by atoms with Gasteiger partial charge in [0.1, 0.15) is 6.29 Å². The van der Waals surface area contributed by atoms with E-state index >= 15 is 0 Å². The van der Waals surface area contributed by atoms with E-state index in [-0.39, 0.29) is 0 Å². The van der Waals surface area contributed by atoms with E-state index in [1.807, 2.05) is 12.1 Å². The van der Waals surface area contributed by atoms with Crippen molar-refractivity contribution in [3.05, 3.63) is 59.2 Å². The van der Waals surface area contributed by atoms with Gasteiger partial charge in [-0.1, -0.05) is 42.3 Å². The summed E-state index contributed by atoms with van der Waals surface area (Å²) in [6.07, 6.45) is 6.98. The Kier molecular flexibility index (Phi) is 3.36. The van der Waals surface area contributed by atoms with Crippen molar-refractivity contribution in [1.29, 1.82) is 0 Å². The zero-order valence-corrected chi connectivity index (χ0v) is 9.59. The summed E-state index contributed by atoms with van der Waals surface area (Å²) < 4.78 is 0. The van der Waals surface area contributed by atoms with Crippen LogP contribution >= 0.6 is 0 Å². The molecule has 0 radical (unpaired) electrons. The molecule has 0 bridgehead atoms. The van der Waals surface area contributed by atoms with Crippen molar-refractivity contribution in [3.63, 3.8) is 0 Å². The SMILES string of the molecule is C#Cc1c(C=O)cccc1-c1cccc(C=O)c1. The maximum atomic E-state index is 10.9. The van der Waals surface area contributed by atoms with Gasteiger partial charge in [0.05, 0.1) is 0 Å². The number of carbonyl (C=O) groups excluding carboxylic acids is 2. The molecule has 2 rings (SSSR count). The van der Waals surface area contributed by atoms with Gasteiger partial charge in [0.25, 0.3) is 0 Å². The fraction of sp³-hybridized carbons (Fsp3) is 0. The number of rotatable bonds is 3. The van der Waals surface area contributed by atoms with Gasteiger partial charge in [-0.25, -0.2) is 0 Å². The lowest BCUT2D eigenvalue weighted by molar-refractivity contribution is 0.111. The molecule has 86 valence electrons. The Balaban J connectivity index is 2.67. The summed E-state index contributed by atoms with van der Waals surface area (Å²) in [7, 11) is 0. The maximum absolute atomic E-state index is 10.9. The first-order chi connectivity index (χ1) is 8.80. The minimum Gasteiger partial charge on any atom is -0.298 e. The van der Waals surface area contributed by atoms with Gasteiger partial charge in [0.15, 0.2) is 6.29 Å². The molecule has 2 aromatic carbocycles. The van der Waals surface area contributed by atoms with E-state index in [0.29, 0.717) is 16.7 Å². The van der Waals surface area contributed by atoms with Gasteiger partial charge < -0.3 is 0 Å². The predicted octanol–water partition coefficient (Wildman–Crippen LogP) is 2.96. The highest BCUT2D eigenvalue weighted by Gasteiger charge is 2.08. The number of hydrogen-bond acceptors (Lipinski definition) is 2. The number of carbonyl (C=O) groups is 2. The van der Waals surface area contributed by atoms with Crippen molar-refractivity contribution < 1.29 is 9.59 Å². The molecule has 0 N–H and O–H groups in total. The molecule has 18 heavy (non-hydrogen) atoms. The Morgan fingerprint density at radius 1 is 1.00 bits per heavy atom. The van der Waals surface area contributed by atoms with Crippen molar-refractivity contribution in [2.24, 2.45) is 0 Å². The average Bonchev–Trinajstić information content (AvgIpc) is 2.46. The van der Waals surface area contributed by atoms with Crippen LogP contribution in [0.1, 0.15) is 26.3 Å². The lowest BCUT2D eigenvalue weighted by Gasteiger charge is -2.07. The van der Waals surface area contributed by atoms with Crippen LogP contribution in [-0.2, 0) is 0 Å². The predicted molar refractivity (Wildman–Crippen MR) is 70.6 cm³/mol. The number of benzene rings is 2. The first kappa shape index (κ1) is 11.8. The minimum atomic E-state index is 0.478. The monoisotopic (exact) mass is 234 g/mol. The molecule has 0 fully saturated rings. The minimum absolute atomic E-state index is 0.478. The summed E-state index contributed by atoms with van der Waals surface area (Å²) >= 11 is 0.